The lowest BCUT2D eigenvalue weighted by molar-refractivity contribution is -0.141. The molecule has 1 unspecified atom stereocenters. The minimum absolute atomic E-state index is 0.0478. The van der Waals surface area contributed by atoms with Crippen LogP contribution in [0.4, 0.5) is 19.3 Å². The number of halogens is 3. The molecule has 114 valence electrons. The Bertz CT molecular complexity index is 565. The number of carboxylic acids is 1. The Labute approximate surface area is 131 Å². The van der Waals surface area contributed by atoms with Crippen LogP contribution < -0.4 is 5.32 Å². The lowest BCUT2D eigenvalue weighted by Gasteiger charge is -2.32. The number of aliphatic carboxylic acids is 1. The van der Waals surface area contributed by atoms with E-state index in [0.717, 1.165) is 11.0 Å². The fourth-order valence-electron chi connectivity index (χ4n) is 1.89. The molecule has 2 amide bonds. The van der Waals surface area contributed by atoms with Crippen molar-refractivity contribution in [2.24, 2.45) is 0 Å². The first-order valence-corrected chi connectivity index (χ1v) is 7.87. The van der Waals surface area contributed by atoms with Crippen LogP contribution in [0.1, 0.15) is 0 Å². The van der Waals surface area contributed by atoms with Crippen molar-refractivity contribution in [3.05, 3.63) is 28.2 Å². The Balaban J connectivity index is 2.19. The second-order valence-electron chi connectivity index (χ2n) is 4.30. The number of carboxylic acid groups (broad SMARTS) is 1. The van der Waals surface area contributed by atoms with Crippen molar-refractivity contribution in [1.82, 2.24) is 4.90 Å². The van der Waals surface area contributed by atoms with Gasteiger partial charge < -0.3 is 15.3 Å². The molecule has 1 aromatic rings. The maximum atomic E-state index is 13.7. The van der Waals surface area contributed by atoms with E-state index in [2.05, 4.69) is 21.2 Å². The van der Waals surface area contributed by atoms with E-state index >= 15 is 0 Å². The van der Waals surface area contributed by atoms with Crippen molar-refractivity contribution in [1.29, 1.82) is 0 Å². The van der Waals surface area contributed by atoms with Gasteiger partial charge in [-0.25, -0.2) is 18.4 Å². The Morgan fingerprint density at radius 1 is 1.43 bits per heavy atom. The van der Waals surface area contributed by atoms with Gasteiger partial charge in [-0.3, -0.25) is 0 Å². The molecule has 1 atom stereocenters. The molecule has 1 fully saturated rings. The van der Waals surface area contributed by atoms with Gasteiger partial charge in [-0.1, -0.05) is 0 Å². The first kappa shape index (κ1) is 16.0. The summed E-state index contributed by atoms with van der Waals surface area (Å²) in [5.74, 6) is -1.96. The van der Waals surface area contributed by atoms with E-state index in [1.807, 2.05) is 0 Å². The minimum atomic E-state index is -1.11. The van der Waals surface area contributed by atoms with Gasteiger partial charge in [0, 0.05) is 28.6 Å². The summed E-state index contributed by atoms with van der Waals surface area (Å²) < 4.78 is 26.7. The number of amides is 2. The molecule has 0 aromatic heterocycles. The standard InChI is InChI=1S/C12H11BrF2N2O3S/c13-7-3-6(14)4-8(15)10(7)16-12(20)17-1-2-21-5-9(17)11(18)19/h3-4,9H,1-2,5H2,(H,16,20)(H,18,19). The third-order valence-electron chi connectivity index (χ3n) is 2.91. The first-order chi connectivity index (χ1) is 9.90. The van der Waals surface area contributed by atoms with Crippen LogP contribution in [0.15, 0.2) is 16.6 Å². The number of benzene rings is 1. The van der Waals surface area contributed by atoms with Crippen molar-refractivity contribution >= 4 is 45.4 Å². The van der Waals surface area contributed by atoms with E-state index in [4.69, 9.17) is 5.11 Å². The van der Waals surface area contributed by atoms with Crippen molar-refractivity contribution in [2.75, 3.05) is 23.4 Å². The van der Waals surface area contributed by atoms with E-state index in [0.29, 0.717) is 11.8 Å². The van der Waals surface area contributed by atoms with Gasteiger partial charge in [0.2, 0.25) is 0 Å². The molecule has 2 rings (SSSR count). The zero-order valence-corrected chi connectivity index (χ0v) is 13.0. The van der Waals surface area contributed by atoms with E-state index in [1.165, 1.54) is 11.8 Å². The number of hydrogen-bond acceptors (Lipinski definition) is 3. The molecule has 21 heavy (non-hydrogen) atoms. The van der Waals surface area contributed by atoms with E-state index < -0.39 is 29.7 Å². The van der Waals surface area contributed by atoms with Crippen LogP contribution in [0.3, 0.4) is 0 Å². The molecule has 0 saturated carbocycles. The molecule has 9 heteroatoms. The van der Waals surface area contributed by atoms with E-state index in [9.17, 15) is 18.4 Å². The summed E-state index contributed by atoms with van der Waals surface area (Å²) in [6, 6.07) is -0.0412. The van der Waals surface area contributed by atoms with Crippen LogP contribution in [-0.2, 0) is 4.79 Å². The normalized spacial score (nSPS) is 18.4. The highest BCUT2D eigenvalue weighted by Crippen LogP contribution is 2.28. The zero-order chi connectivity index (χ0) is 15.6. The van der Waals surface area contributed by atoms with Crippen LogP contribution in [0, 0.1) is 11.6 Å². The van der Waals surface area contributed by atoms with Crippen LogP contribution in [-0.4, -0.2) is 46.1 Å². The predicted molar refractivity (Wildman–Crippen MR) is 78.5 cm³/mol. The number of thioether (sulfide) groups is 1. The van der Waals surface area contributed by atoms with E-state index in [-0.39, 0.29) is 22.5 Å². The van der Waals surface area contributed by atoms with Gasteiger partial charge in [0.15, 0.2) is 5.82 Å². The maximum Gasteiger partial charge on any atom is 0.327 e. The monoisotopic (exact) mass is 380 g/mol. The predicted octanol–water partition coefficient (Wildman–Crippen LogP) is 2.76. The quantitative estimate of drug-likeness (QED) is 0.827. The number of hydrogen-bond donors (Lipinski definition) is 2. The molecule has 0 bridgehead atoms. The van der Waals surface area contributed by atoms with Crippen LogP contribution in [0.5, 0.6) is 0 Å². The second-order valence-corrected chi connectivity index (χ2v) is 6.30. The highest BCUT2D eigenvalue weighted by molar-refractivity contribution is 9.10. The fraction of sp³-hybridized carbons (Fsp3) is 0.333. The molecule has 1 heterocycles. The summed E-state index contributed by atoms with van der Waals surface area (Å²) in [4.78, 5) is 24.4. The first-order valence-electron chi connectivity index (χ1n) is 5.93. The van der Waals surface area contributed by atoms with Crippen molar-refractivity contribution < 1.29 is 23.5 Å². The summed E-state index contributed by atoms with van der Waals surface area (Å²) in [7, 11) is 0. The Kier molecular flexibility index (Phi) is 5.04. The van der Waals surface area contributed by atoms with E-state index in [1.54, 1.807) is 0 Å². The van der Waals surface area contributed by atoms with Gasteiger partial charge in [0.05, 0.1) is 5.69 Å². The van der Waals surface area contributed by atoms with Crippen molar-refractivity contribution in [3.8, 4) is 0 Å². The second kappa shape index (κ2) is 6.61. The number of rotatable bonds is 2. The molecule has 1 aromatic carbocycles. The van der Waals surface area contributed by atoms with Gasteiger partial charge in [-0.2, -0.15) is 11.8 Å². The van der Waals surface area contributed by atoms with Gasteiger partial charge in [-0.15, -0.1) is 0 Å². The minimum Gasteiger partial charge on any atom is -0.480 e. The van der Waals surface area contributed by atoms with Crippen LogP contribution in [0.25, 0.3) is 0 Å². The molecule has 2 N–H and O–H groups in total. The molecule has 1 saturated heterocycles. The molecule has 1 aliphatic rings. The Morgan fingerprint density at radius 3 is 2.76 bits per heavy atom. The number of anilines is 1. The highest BCUT2D eigenvalue weighted by atomic mass is 79.9. The molecule has 0 spiro atoms. The topological polar surface area (TPSA) is 69.6 Å². The van der Waals surface area contributed by atoms with Crippen molar-refractivity contribution in [3.63, 3.8) is 0 Å². The smallest absolute Gasteiger partial charge is 0.327 e. The molecule has 0 radical (unpaired) electrons. The Hall–Kier alpha value is -1.35. The van der Waals surface area contributed by atoms with Gasteiger partial charge in [0.1, 0.15) is 11.9 Å². The summed E-state index contributed by atoms with van der Waals surface area (Å²) in [5, 5.41) is 11.4. The summed E-state index contributed by atoms with van der Waals surface area (Å²) in [6.45, 7) is 0.244. The van der Waals surface area contributed by atoms with Gasteiger partial charge >= 0.3 is 12.0 Å². The third kappa shape index (κ3) is 3.65. The summed E-state index contributed by atoms with van der Waals surface area (Å²) in [6.07, 6.45) is 0. The zero-order valence-electron chi connectivity index (χ0n) is 10.6. The van der Waals surface area contributed by atoms with Crippen molar-refractivity contribution in [2.45, 2.75) is 6.04 Å². The number of nitrogens with one attached hydrogen (secondary N) is 1. The summed E-state index contributed by atoms with van der Waals surface area (Å²) >= 11 is 4.39. The number of carbonyl (C=O) groups is 2. The SMILES string of the molecule is O=C(O)C1CSCCN1C(=O)Nc1c(F)cc(F)cc1Br. The lowest BCUT2D eigenvalue weighted by Crippen LogP contribution is -2.51. The average molecular weight is 381 g/mol. The molecule has 5 nitrogen and oxygen atoms in total. The average Bonchev–Trinajstić information content (AvgIpc) is 2.42. The van der Waals surface area contributed by atoms with Crippen LogP contribution in [0.2, 0.25) is 0 Å². The summed E-state index contributed by atoms with van der Waals surface area (Å²) in [5.41, 5.74) is -0.219. The fourth-order valence-corrected chi connectivity index (χ4v) is 3.44. The largest absolute Gasteiger partial charge is 0.480 e. The molecular weight excluding hydrogens is 370 g/mol. The lowest BCUT2D eigenvalue weighted by atomic mass is 10.2. The van der Waals surface area contributed by atoms with Gasteiger partial charge in [0.25, 0.3) is 0 Å². The third-order valence-corrected chi connectivity index (χ3v) is 4.56. The Morgan fingerprint density at radius 2 is 2.14 bits per heavy atom. The number of urea groups is 1. The maximum absolute atomic E-state index is 13.7. The van der Waals surface area contributed by atoms with Gasteiger partial charge in [-0.05, 0) is 22.0 Å². The number of nitrogens with zero attached hydrogens (tertiary/aromatic N) is 1. The van der Waals surface area contributed by atoms with Crippen LogP contribution >= 0.6 is 27.7 Å². The number of carbonyl (C=O) groups excluding carboxylic acids is 1. The molecular formula is C12H11BrF2N2O3S. The molecule has 0 aliphatic carbocycles. The highest BCUT2D eigenvalue weighted by Gasteiger charge is 2.33. The molecule has 1 aliphatic heterocycles.